The number of hydrogen-bond acceptors (Lipinski definition) is 2. The summed E-state index contributed by atoms with van der Waals surface area (Å²) >= 11 is 0. The van der Waals surface area contributed by atoms with Crippen LogP contribution in [0, 0.1) is 13.8 Å². The van der Waals surface area contributed by atoms with Gasteiger partial charge in [0.15, 0.2) is 0 Å². The van der Waals surface area contributed by atoms with Crippen molar-refractivity contribution in [2.45, 2.75) is 27.2 Å². The van der Waals surface area contributed by atoms with Crippen molar-refractivity contribution < 1.29 is 0 Å². The average molecular weight is 483 g/mol. The maximum Gasteiger partial charge on any atom is 0.0752 e. The summed E-state index contributed by atoms with van der Waals surface area (Å²) in [5, 5.41) is 4.08. The van der Waals surface area contributed by atoms with Crippen molar-refractivity contribution in [3.63, 3.8) is 0 Å². The minimum absolute atomic E-state index is 0.811. The highest BCUT2D eigenvalue weighted by molar-refractivity contribution is 7.79. The Labute approximate surface area is 210 Å². The van der Waals surface area contributed by atoms with Crippen LogP contribution in [0.5, 0.6) is 0 Å². The monoisotopic (exact) mass is 482 g/mol. The van der Waals surface area contributed by atoms with Gasteiger partial charge in [-0.1, -0.05) is 66.7 Å². The van der Waals surface area contributed by atoms with Gasteiger partial charge in [0, 0.05) is 29.7 Å². The zero-order valence-electron chi connectivity index (χ0n) is 21.7. The molecule has 0 saturated carbocycles. The molecule has 0 amide bonds. The Kier molecular flexibility index (Phi) is 6.55. The molecule has 5 rings (SSSR count). The smallest absolute Gasteiger partial charge is 0.0752 e. The molecule has 180 valence electrons. The molecule has 0 aliphatic carbocycles. The van der Waals surface area contributed by atoms with Gasteiger partial charge in [0.25, 0.3) is 0 Å². The van der Waals surface area contributed by atoms with Crippen molar-refractivity contribution in [1.29, 1.82) is 0 Å². The maximum atomic E-state index is 2.56. The minimum atomic E-state index is -0.811. The van der Waals surface area contributed by atoms with Gasteiger partial charge in [-0.3, -0.25) is 9.80 Å². The highest BCUT2D eigenvalue weighted by Gasteiger charge is 2.30. The first-order chi connectivity index (χ1) is 16.9. The highest BCUT2D eigenvalue weighted by Crippen LogP contribution is 2.41. The molecule has 0 unspecified atom stereocenters. The Morgan fingerprint density at radius 3 is 1.40 bits per heavy atom. The van der Waals surface area contributed by atoms with Gasteiger partial charge in [-0.25, -0.2) is 0 Å². The van der Waals surface area contributed by atoms with Crippen molar-refractivity contribution in [3.8, 4) is 0 Å². The molecule has 0 N–H and O–H groups in total. The van der Waals surface area contributed by atoms with E-state index in [0.717, 1.165) is 13.3 Å². The molecule has 0 spiro atoms. The van der Waals surface area contributed by atoms with Crippen molar-refractivity contribution in [3.05, 3.63) is 90.0 Å². The van der Waals surface area contributed by atoms with E-state index in [4.69, 9.17) is 0 Å². The van der Waals surface area contributed by atoms with Crippen molar-refractivity contribution in [1.82, 2.24) is 18.9 Å². The number of aryl methyl sites for hydroxylation is 2. The van der Waals surface area contributed by atoms with Gasteiger partial charge in [-0.05, 0) is 70.6 Å². The second-order valence-electron chi connectivity index (χ2n) is 9.90. The predicted octanol–water partition coefficient (Wildman–Crippen LogP) is 5.01. The zero-order chi connectivity index (χ0) is 24.7. The Bertz CT molecular complexity index is 1380. The second-order valence-corrected chi connectivity index (χ2v) is 11.9. The zero-order valence-corrected chi connectivity index (χ0v) is 22.6. The summed E-state index contributed by atoms with van der Waals surface area (Å²) in [7, 11) is 7.83. The van der Waals surface area contributed by atoms with Crippen LogP contribution in [0.4, 0.5) is 0 Å². The first-order valence-electron chi connectivity index (χ1n) is 12.2. The molecule has 5 aromatic rings. The second kappa shape index (κ2) is 9.62. The third-order valence-electron chi connectivity index (χ3n) is 6.67. The fourth-order valence-corrected chi connectivity index (χ4v) is 8.17. The molecule has 0 bridgehead atoms. The van der Waals surface area contributed by atoms with Gasteiger partial charge in [0.1, 0.15) is 0 Å². The summed E-state index contributed by atoms with van der Waals surface area (Å²) in [4.78, 5) is 4.55. The van der Waals surface area contributed by atoms with Crippen LogP contribution in [0.15, 0.2) is 78.9 Å². The van der Waals surface area contributed by atoms with E-state index in [1.165, 1.54) is 49.1 Å². The van der Waals surface area contributed by atoms with Gasteiger partial charge in [0.05, 0.1) is 24.2 Å². The Morgan fingerprint density at radius 1 is 0.571 bits per heavy atom. The van der Waals surface area contributed by atoms with Gasteiger partial charge >= 0.3 is 0 Å². The quantitative estimate of drug-likeness (QED) is 0.303. The normalized spacial score (nSPS) is 12.1. The van der Waals surface area contributed by atoms with E-state index in [2.05, 4.69) is 140 Å². The standard InChI is InChI=1S/C30H35N4P/c1-22-25-16-10-12-18-27(25)33(20-31(3)4)29(22)35(24-14-8-7-9-15-24)30-23(2)26-17-11-13-19-28(26)34(30)21-32(5)6/h7-19H,20-21H2,1-6H3. The van der Waals surface area contributed by atoms with Crippen LogP contribution >= 0.6 is 7.92 Å². The summed E-state index contributed by atoms with van der Waals surface area (Å²) in [6.07, 6.45) is 0. The number of para-hydroxylation sites is 2. The SMILES string of the molecule is Cc1c(P(c2ccccc2)c2c(C)c3ccccc3n2CN(C)C)n(CN(C)C)c2ccccc12. The lowest BCUT2D eigenvalue weighted by atomic mass is 10.2. The molecule has 0 fully saturated rings. The van der Waals surface area contributed by atoms with Gasteiger partial charge in [-0.15, -0.1) is 0 Å². The minimum Gasteiger partial charge on any atom is -0.326 e. The molecule has 0 aliphatic rings. The molecule has 0 atom stereocenters. The van der Waals surface area contributed by atoms with Crippen LogP contribution in [-0.2, 0) is 13.3 Å². The van der Waals surface area contributed by atoms with E-state index in [1.54, 1.807) is 0 Å². The molecule has 3 aromatic carbocycles. The maximum absolute atomic E-state index is 2.56. The molecule has 0 saturated heterocycles. The largest absolute Gasteiger partial charge is 0.326 e. The van der Waals surface area contributed by atoms with Crippen molar-refractivity contribution in [2.24, 2.45) is 0 Å². The predicted molar refractivity (Wildman–Crippen MR) is 153 cm³/mol. The summed E-state index contributed by atoms with van der Waals surface area (Å²) in [6, 6.07) is 28.9. The topological polar surface area (TPSA) is 16.3 Å². The summed E-state index contributed by atoms with van der Waals surface area (Å²) in [6.45, 7) is 6.33. The summed E-state index contributed by atoms with van der Waals surface area (Å²) in [5.74, 6) is 0. The van der Waals surface area contributed by atoms with Crippen LogP contribution in [0.1, 0.15) is 11.1 Å². The lowest BCUT2D eigenvalue weighted by molar-refractivity contribution is 0.335. The molecule has 5 heteroatoms. The Morgan fingerprint density at radius 2 is 0.971 bits per heavy atom. The number of aromatic nitrogens is 2. The van der Waals surface area contributed by atoms with Gasteiger partial charge in [0.2, 0.25) is 0 Å². The molecular weight excluding hydrogens is 447 g/mol. The van der Waals surface area contributed by atoms with E-state index in [-0.39, 0.29) is 0 Å². The molecule has 2 heterocycles. The highest BCUT2D eigenvalue weighted by atomic mass is 31.1. The summed E-state index contributed by atoms with van der Waals surface area (Å²) in [5.41, 5.74) is 8.27. The number of nitrogens with zero attached hydrogens (tertiary/aromatic N) is 4. The van der Waals surface area contributed by atoms with Crippen LogP contribution < -0.4 is 16.2 Å². The number of rotatable bonds is 7. The fraction of sp³-hybridized carbons (Fsp3) is 0.267. The molecular formula is C30H35N4P. The van der Waals surface area contributed by atoms with Gasteiger partial charge < -0.3 is 9.13 Å². The van der Waals surface area contributed by atoms with Crippen LogP contribution in [0.2, 0.25) is 0 Å². The number of hydrogen-bond donors (Lipinski definition) is 0. The van der Waals surface area contributed by atoms with E-state index < -0.39 is 7.92 Å². The average Bonchev–Trinajstić information content (AvgIpc) is 3.27. The van der Waals surface area contributed by atoms with Crippen molar-refractivity contribution in [2.75, 3.05) is 28.2 Å². The number of fused-ring (bicyclic) bond motifs is 2. The van der Waals surface area contributed by atoms with E-state index in [0.29, 0.717) is 0 Å². The fourth-order valence-electron chi connectivity index (χ4n) is 5.28. The molecule has 0 radical (unpaired) electrons. The van der Waals surface area contributed by atoms with Gasteiger partial charge in [-0.2, -0.15) is 0 Å². The summed E-state index contributed by atoms with van der Waals surface area (Å²) < 4.78 is 5.11. The Balaban J connectivity index is 1.91. The lowest BCUT2D eigenvalue weighted by Gasteiger charge is -2.27. The Hall–Kier alpha value is -2.91. The molecule has 0 aliphatic heterocycles. The molecule has 4 nitrogen and oxygen atoms in total. The lowest BCUT2D eigenvalue weighted by Crippen LogP contribution is -2.35. The number of benzene rings is 3. The van der Waals surface area contributed by atoms with E-state index in [9.17, 15) is 0 Å². The third kappa shape index (κ3) is 4.21. The van der Waals surface area contributed by atoms with Crippen LogP contribution in [0.25, 0.3) is 21.8 Å². The van der Waals surface area contributed by atoms with Crippen LogP contribution in [0.3, 0.4) is 0 Å². The van der Waals surface area contributed by atoms with E-state index in [1.807, 2.05) is 0 Å². The molecule has 2 aromatic heterocycles. The van der Waals surface area contributed by atoms with E-state index >= 15 is 0 Å². The molecule has 35 heavy (non-hydrogen) atoms. The van der Waals surface area contributed by atoms with Crippen LogP contribution in [-0.4, -0.2) is 47.1 Å². The first kappa shape index (κ1) is 23.8. The first-order valence-corrected chi connectivity index (χ1v) is 13.5. The van der Waals surface area contributed by atoms with Crippen molar-refractivity contribution >= 4 is 45.9 Å². The third-order valence-corrected chi connectivity index (χ3v) is 9.48.